The minimum atomic E-state index is -4.23. The first-order valence-corrected chi connectivity index (χ1v) is 8.07. The van der Waals surface area contributed by atoms with Crippen molar-refractivity contribution in [1.29, 1.82) is 0 Å². The molecule has 0 saturated heterocycles. The van der Waals surface area contributed by atoms with Crippen LogP contribution in [0.2, 0.25) is 0 Å². The lowest BCUT2D eigenvalue weighted by Gasteiger charge is -2.42. The maximum absolute atomic E-state index is 13.7. The van der Waals surface area contributed by atoms with E-state index >= 15 is 0 Å². The number of halogens is 2. The van der Waals surface area contributed by atoms with Crippen molar-refractivity contribution in [3.05, 3.63) is 29.3 Å². The molecule has 5 nitrogen and oxygen atoms in total. The molecule has 1 saturated carbocycles. The highest BCUT2D eigenvalue weighted by atomic mass is 32.2. The van der Waals surface area contributed by atoms with Crippen LogP contribution in [0.1, 0.15) is 43.0 Å². The Morgan fingerprint density at radius 1 is 1.38 bits per heavy atom. The predicted molar refractivity (Wildman–Crippen MR) is 72.1 cm³/mol. The number of amides is 1. The molecule has 0 aliphatic heterocycles. The first-order valence-electron chi connectivity index (χ1n) is 6.53. The standard InChI is InChI=1S/C13H16F2N2O3S/c1-2-13(4-3-5-13)17-12(18)9-6-8(21(16,19)20)7-10(14)11(9)15/h6-7H,2-5H2,1H3,(H,17,18)(H2,16,19,20). The number of carbonyl (C=O) groups excluding carboxylic acids is 1. The van der Waals surface area contributed by atoms with Gasteiger partial charge in [-0.05, 0) is 37.8 Å². The number of nitrogens with two attached hydrogens (primary N) is 1. The summed E-state index contributed by atoms with van der Waals surface area (Å²) in [5.41, 5.74) is -1.07. The topological polar surface area (TPSA) is 89.3 Å². The van der Waals surface area contributed by atoms with Crippen molar-refractivity contribution < 1.29 is 22.0 Å². The number of nitrogens with one attached hydrogen (secondary N) is 1. The van der Waals surface area contributed by atoms with Crippen molar-refractivity contribution in [2.45, 2.75) is 43.0 Å². The van der Waals surface area contributed by atoms with Gasteiger partial charge < -0.3 is 5.32 Å². The zero-order chi connectivity index (χ0) is 15.8. The quantitative estimate of drug-likeness (QED) is 0.885. The van der Waals surface area contributed by atoms with Gasteiger partial charge in [0.05, 0.1) is 10.5 Å². The van der Waals surface area contributed by atoms with Gasteiger partial charge >= 0.3 is 0 Å². The van der Waals surface area contributed by atoms with Crippen LogP contribution in [-0.2, 0) is 10.0 Å². The van der Waals surface area contributed by atoms with Crippen LogP contribution in [0.5, 0.6) is 0 Å². The molecule has 0 aromatic heterocycles. The van der Waals surface area contributed by atoms with Crippen molar-refractivity contribution in [3.63, 3.8) is 0 Å². The van der Waals surface area contributed by atoms with E-state index in [0.29, 0.717) is 12.5 Å². The Balaban J connectivity index is 2.39. The van der Waals surface area contributed by atoms with Gasteiger partial charge in [0.15, 0.2) is 11.6 Å². The summed E-state index contributed by atoms with van der Waals surface area (Å²) in [7, 11) is -4.23. The van der Waals surface area contributed by atoms with E-state index in [0.717, 1.165) is 25.3 Å². The molecule has 0 heterocycles. The third-order valence-electron chi connectivity index (χ3n) is 3.94. The number of primary sulfonamides is 1. The fourth-order valence-corrected chi connectivity index (χ4v) is 2.92. The third kappa shape index (κ3) is 3.06. The van der Waals surface area contributed by atoms with Gasteiger partial charge in [-0.1, -0.05) is 6.92 Å². The number of benzene rings is 1. The summed E-state index contributed by atoms with van der Waals surface area (Å²) in [6.07, 6.45) is 3.13. The average molecular weight is 318 g/mol. The maximum atomic E-state index is 13.7. The second-order valence-electron chi connectivity index (χ2n) is 5.25. The van der Waals surface area contributed by atoms with Crippen LogP contribution >= 0.6 is 0 Å². The molecule has 1 aliphatic carbocycles. The van der Waals surface area contributed by atoms with Crippen LogP contribution in [0, 0.1) is 11.6 Å². The average Bonchev–Trinajstić information content (AvgIpc) is 2.35. The van der Waals surface area contributed by atoms with Crippen molar-refractivity contribution in [2.75, 3.05) is 0 Å². The first-order chi connectivity index (χ1) is 9.68. The first kappa shape index (κ1) is 15.8. The van der Waals surface area contributed by atoms with Gasteiger partial charge in [-0.2, -0.15) is 0 Å². The molecule has 0 atom stereocenters. The van der Waals surface area contributed by atoms with Crippen LogP contribution in [0.4, 0.5) is 8.78 Å². The molecule has 0 unspecified atom stereocenters. The Hall–Kier alpha value is -1.54. The Labute approximate surface area is 121 Å². The van der Waals surface area contributed by atoms with Crippen molar-refractivity contribution in [3.8, 4) is 0 Å². The summed E-state index contributed by atoms with van der Waals surface area (Å²) >= 11 is 0. The SMILES string of the molecule is CCC1(NC(=O)c2cc(S(N)(=O)=O)cc(F)c2F)CCC1. The number of sulfonamides is 1. The molecule has 3 N–H and O–H groups in total. The Morgan fingerprint density at radius 3 is 2.43 bits per heavy atom. The zero-order valence-corrected chi connectivity index (χ0v) is 12.3. The molecule has 0 spiro atoms. The number of hydrogen-bond acceptors (Lipinski definition) is 3. The monoisotopic (exact) mass is 318 g/mol. The third-order valence-corrected chi connectivity index (χ3v) is 4.83. The number of rotatable bonds is 4. The van der Waals surface area contributed by atoms with E-state index in [-0.39, 0.29) is 0 Å². The molecule has 1 fully saturated rings. The van der Waals surface area contributed by atoms with Gasteiger partial charge in [-0.25, -0.2) is 22.3 Å². The molecular weight excluding hydrogens is 302 g/mol. The fourth-order valence-electron chi connectivity index (χ4n) is 2.37. The van der Waals surface area contributed by atoms with Crippen LogP contribution in [0.15, 0.2) is 17.0 Å². The van der Waals surface area contributed by atoms with Gasteiger partial charge in [0.25, 0.3) is 5.91 Å². The summed E-state index contributed by atoms with van der Waals surface area (Å²) in [6, 6.07) is 1.21. The van der Waals surface area contributed by atoms with E-state index in [4.69, 9.17) is 5.14 Å². The lowest BCUT2D eigenvalue weighted by atomic mass is 9.74. The summed E-state index contributed by atoms with van der Waals surface area (Å²) in [4.78, 5) is 11.5. The lowest BCUT2D eigenvalue weighted by molar-refractivity contribution is 0.0815. The highest BCUT2D eigenvalue weighted by molar-refractivity contribution is 7.89. The van der Waals surface area contributed by atoms with Gasteiger partial charge in [-0.3, -0.25) is 4.79 Å². The zero-order valence-electron chi connectivity index (χ0n) is 11.4. The highest BCUT2D eigenvalue weighted by Gasteiger charge is 2.37. The largest absolute Gasteiger partial charge is 0.347 e. The van der Waals surface area contributed by atoms with E-state index in [9.17, 15) is 22.0 Å². The number of carbonyl (C=O) groups is 1. The van der Waals surface area contributed by atoms with Crippen molar-refractivity contribution >= 4 is 15.9 Å². The summed E-state index contributed by atoms with van der Waals surface area (Å²) in [6.45, 7) is 1.89. The molecule has 1 aliphatic rings. The van der Waals surface area contributed by atoms with E-state index in [1.165, 1.54) is 0 Å². The molecule has 116 valence electrons. The van der Waals surface area contributed by atoms with Crippen LogP contribution in [0.25, 0.3) is 0 Å². The second kappa shape index (κ2) is 5.34. The predicted octanol–water partition coefficient (Wildman–Crippen LogP) is 1.67. The smallest absolute Gasteiger partial charge is 0.254 e. The normalized spacial score (nSPS) is 17.1. The minimum absolute atomic E-state index is 0.419. The van der Waals surface area contributed by atoms with Crippen LogP contribution < -0.4 is 10.5 Å². The van der Waals surface area contributed by atoms with Crippen molar-refractivity contribution in [1.82, 2.24) is 5.32 Å². The Morgan fingerprint density at radius 2 is 2.00 bits per heavy atom. The Bertz CT molecular complexity index is 679. The lowest BCUT2D eigenvalue weighted by Crippen LogP contribution is -2.53. The summed E-state index contributed by atoms with van der Waals surface area (Å²) in [5, 5.41) is 7.55. The van der Waals surface area contributed by atoms with Gasteiger partial charge in [0.1, 0.15) is 0 Å². The maximum Gasteiger partial charge on any atom is 0.254 e. The van der Waals surface area contributed by atoms with Gasteiger partial charge in [0.2, 0.25) is 10.0 Å². The van der Waals surface area contributed by atoms with Crippen LogP contribution in [-0.4, -0.2) is 19.9 Å². The molecular formula is C13H16F2N2O3S. The van der Waals surface area contributed by atoms with E-state index < -0.39 is 43.6 Å². The van der Waals surface area contributed by atoms with Gasteiger partial charge in [0, 0.05) is 5.54 Å². The van der Waals surface area contributed by atoms with E-state index in [1.54, 1.807) is 0 Å². The fraction of sp³-hybridized carbons (Fsp3) is 0.462. The molecule has 0 bridgehead atoms. The molecule has 1 amide bonds. The molecule has 1 aromatic rings. The second-order valence-corrected chi connectivity index (χ2v) is 6.81. The van der Waals surface area contributed by atoms with Crippen molar-refractivity contribution in [2.24, 2.45) is 5.14 Å². The number of hydrogen-bond donors (Lipinski definition) is 2. The Kier molecular flexibility index (Phi) is 4.03. The molecule has 8 heteroatoms. The minimum Gasteiger partial charge on any atom is -0.347 e. The molecule has 21 heavy (non-hydrogen) atoms. The van der Waals surface area contributed by atoms with E-state index in [2.05, 4.69) is 5.32 Å². The highest BCUT2D eigenvalue weighted by Crippen LogP contribution is 2.35. The van der Waals surface area contributed by atoms with Gasteiger partial charge in [-0.15, -0.1) is 0 Å². The summed E-state index contributed by atoms with van der Waals surface area (Å²) in [5.74, 6) is -3.64. The molecule has 1 aromatic carbocycles. The van der Waals surface area contributed by atoms with E-state index in [1.807, 2.05) is 6.92 Å². The molecule has 0 radical (unpaired) electrons. The summed E-state index contributed by atoms with van der Waals surface area (Å²) < 4.78 is 49.7. The molecule has 2 rings (SSSR count). The van der Waals surface area contributed by atoms with Crippen LogP contribution in [0.3, 0.4) is 0 Å².